The minimum atomic E-state index is -1.32. The average Bonchev–Trinajstić information content (AvgIpc) is 2.39. The van der Waals surface area contributed by atoms with E-state index >= 15 is 0 Å². The Labute approximate surface area is 103 Å². The van der Waals surface area contributed by atoms with E-state index in [1.54, 1.807) is 25.4 Å². The van der Waals surface area contributed by atoms with Crippen LogP contribution in [-0.2, 0) is 0 Å². The van der Waals surface area contributed by atoms with Gasteiger partial charge in [0.05, 0.1) is 11.9 Å². The zero-order valence-electron chi connectivity index (χ0n) is 9.54. The summed E-state index contributed by atoms with van der Waals surface area (Å²) in [6.45, 7) is 0. The van der Waals surface area contributed by atoms with Crippen LogP contribution in [0.5, 0.6) is 0 Å². The molecule has 2 heterocycles. The van der Waals surface area contributed by atoms with Gasteiger partial charge in [-0.05, 0) is 18.2 Å². The lowest BCUT2D eigenvalue weighted by atomic mass is 10.2. The van der Waals surface area contributed by atoms with Gasteiger partial charge in [0.2, 0.25) is 0 Å². The molecule has 2 aromatic rings. The Balaban J connectivity index is 2.46. The van der Waals surface area contributed by atoms with Crippen molar-refractivity contribution in [3.8, 4) is 0 Å². The molecule has 0 saturated heterocycles. The van der Waals surface area contributed by atoms with E-state index in [1.165, 1.54) is 17.3 Å². The molecular formula is C12H10FN3O2. The molecule has 18 heavy (non-hydrogen) atoms. The summed E-state index contributed by atoms with van der Waals surface area (Å²) in [5, 5.41) is 8.84. The van der Waals surface area contributed by atoms with Crippen molar-refractivity contribution in [2.24, 2.45) is 0 Å². The fourth-order valence-corrected chi connectivity index (χ4v) is 1.51. The molecule has 0 aliphatic carbocycles. The highest BCUT2D eigenvalue weighted by molar-refractivity contribution is 5.89. The molecule has 0 radical (unpaired) electrons. The Morgan fingerprint density at radius 1 is 1.39 bits per heavy atom. The SMILES string of the molecule is CN(c1cccnc1)c1nccc(C(=O)O)c1F. The third kappa shape index (κ3) is 2.13. The molecule has 0 saturated carbocycles. The molecule has 0 aliphatic heterocycles. The van der Waals surface area contributed by atoms with Crippen LogP contribution in [0.15, 0.2) is 36.8 Å². The first-order chi connectivity index (χ1) is 8.61. The van der Waals surface area contributed by atoms with E-state index < -0.39 is 17.3 Å². The average molecular weight is 247 g/mol. The zero-order valence-corrected chi connectivity index (χ0v) is 9.54. The highest BCUT2D eigenvalue weighted by Crippen LogP contribution is 2.24. The second kappa shape index (κ2) is 4.79. The Morgan fingerprint density at radius 3 is 2.78 bits per heavy atom. The highest BCUT2D eigenvalue weighted by Gasteiger charge is 2.18. The van der Waals surface area contributed by atoms with E-state index in [-0.39, 0.29) is 5.82 Å². The van der Waals surface area contributed by atoms with Gasteiger partial charge in [-0.1, -0.05) is 0 Å². The number of pyridine rings is 2. The topological polar surface area (TPSA) is 66.3 Å². The minimum Gasteiger partial charge on any atom is -0.478 e. The van der Waals surface area contributed by atoms with E-state index in [2.05, 4.69) is 9.97 Å². The van der Waals surface area contributed by atoms with Crippen LogP contribution in [0.4, 0.5) is 15.9 Å². The first-order valence-electron chi connectivity index (χ1n) is 5.13. The molecule has 2 aromatic heterocycles. The number of carboxylic acids is 1. The number of aromatic carboxylic acids is 1. The fourth-order valence-electron chi connectivity index (χ4n) is 1.51. The summed E-state index contributed by atoms with van der Waals surface area (Å²) < 4.78 is 14.0. The molecule has 0 spiro atoms. The maximum absolute atomic E-state index is 14.0. The Kier molecular flexibility index (Phi) is 3.18. The van der Waals surface area contributed by atoms with Gasteiger partial charge in [0, 0.05) is 19.4 Å². The van der Waals surface area contributed by atoms with Crippen molar-refractivity contribution >= 4 is 17.5 Å². The minimum absolute atomic E-state index is 0.0529. The maximum Gasteiger partial charge on any atom is 0.338 e. The summed E-state index contributed by atoms with van der Waals surface area (Å²) in [5.41, 5.74) is 0.210. The second-order valence-electron chi connectivity index (χ2n) is 3.57. The van der Waals surface area contributed by atoms with Crippen LogP contribution in [-0.4, -0.2) is 28.1 Å². The molecule has 2 rings (SSSR count). The first kappa shape index (κ1) is 12.0. The molecule has 0 aliphatic rings. The number of hydrogen-bond donors (Lipinski definition) is 1. The summed E-state index contributed by atoms with van der Waals surface area (Å²) >= 11 is 0. The molecule has 0 aromatic carbocycles. The lowest BCUT2D eigenvalue weighted by Gasteiger charge is -2.18. The second-order valence-corrected chi connectivity index (χ2v) is 3.57. The van der Waals surface area contributed by atoms with Crippen molar-refractivity contribution in [2.75, 3.05) is 11.9 Å². The number of carbonyl (C=O) groups is 1. The summed E-state index contributed by atoms with van der Waals surface area (Å²) in [6.07, 6.45) is 4.39. The summed E-state index contributed by atoms with van der Waals surface area (Å²) in [7, 11) is 1.59. The van der Waals surface area contributed by atoms with Crippen molar-refractivity contribution in [2.45, 2.75) is 0 Å². The number of hydrogen-bond acceptors (Lipinski definition) is 4. The van der Waals surface area contributed by atoms with Gasteiger partial charge < -0.3 is 10.0 Å². The molecule has 0 atom stereocenters. The smallest absolute Gasteiger partial charge is 0.338 e. The van der Waals surface area contributed by atoms with Crippen molar-refractivity contribution in [1.29, 1.82) is 0 Å². The van der Waals surface area contributed by atoms with E-state index in [9.17, 15) is 9.18 Å². The number of carboxylic acid groups (broad SMARTS) is 1. The largest absolute Gasteiger partial charge is 0.478 e. The van der Waals surface area contributed by atoms with E-state index in [1.807, 2.05) is 0 Å². The van der Waals surface area contributed by atoms with Crippen LogP contribution in [0.1, 0.15) is 10.4 Å². The number of aromatic nitrogens is 2. The van der Waals surface area contributed by atoms with Gasteiger partial charge in [-0.2, -0.15) is 0 Å². The van der Waals surface area contributed by atoms with E-state index in [0.717, 1.165) is 6.07 Å². The van der Waals surface area contributed by atoms with Gasteiger partial charge in [0.1, 0.15) is 5.56 Å². The molecule has 6 heteroatoms. The van der Waals surface area contributed by atoms with Gasteiger partial charge >= 0.3 is 5.97 Å². The van der Waals surface area contributed by atoms with Crippen LogP contribution in [0.25, 0.3) is 0 Å². The molecule has 1 N–H and O–H groups in total. The van der Waals surface area contributed by atoms with E-state index in [0.29, 0.717) is 5.69 Å². The van der Waals surface area contributed by atoms with Crippen molar-refractivity contribution < 1.29 is 14.3 Å². The van der Waals surface area contributed by atoms with Crippen LogP contribution >= 0.6 is 0 Å². The van der Waals surface area contributed by atoms with Crippen molar-refractivity contribution in [3.63, 3.8) is 0 Å². The third-order valence-electron chi connectivity index (χ3n) is 2.45. The number of halogens is 1. The Bertz CT molecular complexity index is 575. The monoisotopic (exact) mass is 247 g/mol. The van der Waals surface area contributed by atoms with Crippen LogP contribution in [0.3, 0.4) is 0 Å². The maximum atomic E-state index is 14.0. The number of nitrogens with zero attached hydrogens (tertiary/aromatic N) is 3. The molecule has 5 nitrogen and oxygen atoms in total. The summed E-state index contributed by atoms with van der Waals surface area (Å²) in [4.78, 5) is 20.0. The lowest BCUT2D eigenvalue weighted by molar-refractivity contribution is 0.0692. The molecule has 92 valence electrons. The molecule has 0 amide bonds. The van der Waals surface area contributed by atoms with Gasteiger partial charge in [0.25, 0.3) is 0 Å². The van der Waals surface area contributed by atoms with Crippen LogP contribution in [0, 0.1) is 5.82 Å². The van der Waals surface area contributed by atoms with Gasteiger partial charge in [0.15, 0.2) is 11.6 Å². The standard InChI is InChI=1S/C12H10FN3O2/c1-16(8-3-2-5-14-7-8)11-10(13)9(12(17)18)4-6-15-11/h2-7H,1H3,(H,17,18). The molecule has 0 unspecified atom stereocenters. The normalized spacial score (nSPS) is 10.1. The zero-order chi connectivity index (χ0) is 13.1. The van der Waals surface area contributed by atoms with Crippen LogP contribution in [0.2, 0.25) is 0 Å². The van der Waals surface area contributed by atoms with Gasteiger partial charge in [-0.15, -0.1) is 0 Å². The molecule has 0 fully saturated rings. The Morgan fingerprint density at radius 2 is 2.17 bits per heavy atom. The highest BCUT2D eigenvalue weighted by atomic mass is 19.1. The quantitative estimate of drug-likeness (QED) is 0.899. The fraction of sp³-hybridized carbons (Fsp3) is 0.0833. The van der Waals surface area contributed by atoms with Gasteiger partial charge in [-0.3, -0.25) is 4.98 Å². The molecule has 0 bridgehead atoms. The predicted molar refractivity (Wildman–Crippen MR) is 63.5 cm³/mol. The van der Waals surface area contributed by atoms with Crippen molar-refractivity contribution in [1.82, 2.24) is 9.97 Å². The van der Waals surface area contributed by atoms with Crippen molar-refractivity contribution in [3.05, 3.63) is 48.2 Å². The summed E-state index contributed by atoms with van der Waals surface area (Å²) in [5.74, 6) is -2.24. The Hall–Kier alpha value is -2.50. The lowest BCUT2D eigenvalue weighted by Crippen LogP contribution is -2.15. The predicted octanol–water partition coefficient (Wildman–Crippen LogP) is 2.08. The van der Waals surface area contributed by atoms with Gasteiger partial charge in [-0.25, -0.2) is 14.2 Å². The number of rotatable bonds is 3. The first-order valence-corrected chi connectivity index (χ1v) is 5.13. The number of anilines is 2. The van der Waals surface area contributed by atoms with E-state index in [4.69, 9.17) is 5.11 Å². The molecular weight excluding hydrogens is 237 g/mol. The van der Waals surface area contributed by atoms with Crippen LogP contribution < -0.4 is 4.90 Å². The third-order valence-corrected chi connectivity index (χ3v) is 2.45. The summed E-state index contributed by atoms with van der Waals surface area (Å²) in [6, 6.07) is 4.55.